The van der Waals surface area contributed by atoms with Gasteiger partial charge >= 0.3 is 12.0 Å². The molecule has 0 aliphatic carbocycles. The number of likely N-dealkylation sites (tertiary alicyclic amines) is 1. The van der Waals surface area contributed by atoms with Gasteiger partial charge in [0.1, 0.15) is 0 Å². The lowest BCUT2D eigenvalue weighted by molar-refractivity contribution is -0.154. The third kappa shape index (κ3) is 2.90. The zero-order valence-electron chi connectivity index (χ0n) is 12.3. The van der Waals surface area contributed by atoms with E-state index in [4.69, 9.17) is 9.84 Å². The minimum absolute atomic E-state index is 0.0386. The molecule has 2 saturated heterocycles. The highest BCUT2D eigenvalue weighted by Gasteiger charge is 2.39. The first-order chi connectivity index (χ1) is 9.51. The molecule has 2 aliphatic heterocycles. The molecule has 6 heteroatoms. The summed E-state index contributed by atoms with van der Waals surface area (Å²) in [5, 5.41) is 8.99. The molecule has 0 radical (unpaired) electrons. The van der Waals surface area contributed by atoms with Crippen molar-refractivity contribution in [3.8, 4) is 0 Å². The second-order valence-corrected chi connectivity index (χ2v) is 5.80. The lowest BCUT2D eigenvalue weighted by atomic mass is 9.82. The predicted octanol–water partition coefficient (Wildman–Crippen LogP) is 1.40. The molecule has 6 nitrogen and oxygen atoms in total. The summed E-state index contributed by atoms with van der Waals surface area (Å²) in [7, 11) is 0. The Morgan fingerprint density at radius 2 is 1.95 bits per heavy atom. The van der Waals surface area contributed by atoms with Crippen LogP contribution in [0, 0.1) is 5.41 Å². The molecule has 1 unspecified atom stereocenters. The Morgan fingerprint density at radius 1 is 1.25 bits per heavy atom. The van der Waals surface area contributed by atoms with Crippen molar-refractivity contribution in [1.82, 2.24) is 9.80 Å². The minimum atomic E-state index is -1.000. The van der Waals surface area contributed by atoms with Crippen molar-refractivity contribution in [2.75, 3.05) is 32.8 Å². The molecule has 0 aromatic heterocycles. The first-order valence-corrected chi connectivity index (χ1v) is 7.39. The highest BCUT2D eigenvalue weighted by atomic mass is 16.5. The molecule has 114 valence electrons. The fourth-order valence-corrected chi connectivity index (χ4v) is 3.10. The highest BCUT2D eigenvalue weighted by molar-refractivity contribution is 5.77. The van der Waals surface area contributed by atoms with Gasteiger partial charge in [0.25, 0.3) is 0 Å². The summed E-state index contributed by atoms with van der Waals surface area (Å²) >= 11 is 0. The van der Waals surface area contributed by atoms with Crippen LogP contribution in [0.15, 0.2) is 0 Å². The van der Waals surface area contributed by atoms with Crippen molar-refractivity contribution in [1.29, 1.82) is 0 Å². The largest absolute Gasteiger partial charge is 0.479 e. The Morgan fingerprint density at radius 3 is 2.50 bits per heavy atom. The molecular formula is C14H24N2O4. The van der Waals surface area contributed by atoms with E-state index in [0.717, 1.165) is 32.4 Å². The molecule has 0 saturated carbocycles. The van der Waals surface area contributed by atoms with Crippen molar-refractivity contribution in [3.63, 3.8) is 0 Å². The molecule has 0 bridgehead atoms. The van der Waals surface area contributed by atoms with E-state index in [-0.39, 0.29) is 18.0 Å². The van der Waals surface area contributed by atoms with Crippen LogP contribution in [0.3, 0.4) is 0 Å². The number of aliphatic carboxylic acids is 1. The van der Waals surface area contributed by atoms with Gasteiger partial charge in [0.15, 0.2) is 6.10 Å². The number of carbonyl (C=O) groups excluding carboxylic acids is 1. The van der Waals surface area contributed by atoms with Crippen molar-refractivity contribution in [2.45, 2.75) is 39.2 Å². The van der Waals surface area contributed by atoms with Gasteiger partial charge in [0.05, 0.1) is 13.2 Å². The number of nitrogens with zero attached hydrogens (tertiary/aromatic N) is 2. The van der Waals surface area contributed by atoms with Gasteiger partial charge in [-0.2, -0.15) is 0 Å². The van der Waals surface area contributed by atoms with E-state index >= 15 is 0 Å². The van der Waals surface area contributed by atoms with Gasteiger partial charge in [-0.25, -0.2) is 9.59 Å². The number of hydrogen-bond acceptors (Lipinski definition) is 3. The number of hydrogen-bond donors (Lipinski definition) is 1. The van der Waals surface area contributed by atoms with Crippen LogP contribution >= 0.6 is 0 Å². The summed E-state index contributed by atoms with van der Waals surface area (Å²) in [6.45, 7) is 6.83. The maximum absolute atomic E-state index is 12.5. The second-order valence-electron chi connectivity index (χ2n) is 5.80. The molecule has 1 atom stereocenters. The van der Waals surface area contributed by atoms with Gasteiger partial charge in [-0.1, -0.05) is 13.8 Å². The van der Waals surface area contributed by atoms with Crippen LogP contribution in [0.1, 0.15) is 33.1 Å². The summed E-state index contributed by atoms with van der Waals surface area (Å²) in [5.41, 5.74) is 0.244. The monoisotopic (exact) mass is 284 g/mol. The number of urea groups is 1. The summed E-state index contributed by atoms with van der Waals surface area (Å²) in [6.07, 6.45) is 2.30. The Hall–Kier alpha value is -1.30. The molecule has 1 N–H and O–H groups in total. The van der Waals surface area contributed by atoms with E-state index in [1.165, 1.54) is 0 Å². The smallest absolute Gasteiger partial charge is 0.334 e. The first kappa shape index (κ1) is 15.1. The number of amides is 2. The van der Waals surface area contributed by atoms with E-state index in [0.29, 0.717) is 13.2 Å². The molecule has 0 aromatic rings. The number of morpholine rings is 1. The fraction of sp³-hybridized carbons (Fsp3) is 0.857. The van der Waals surface area contributed by atoms with E-state index in [1.807, 2.05) is 4.90 Å². The highest BCUT2D eigenvalue weighted by Crippen LogP contribution is 2.37. The third-order valence-corrected chi connectivity index (χ3v) is 4.82. The van der Waals surface area contributed by atoms with Crippen molar-refractivity contribution >= 4 is 12.0 Å². The zero-order valence-corrected chi connectivity index (χ0v) is 12.3. The van der Waals surface area contributed by atoms with Gasteiger partial charge < -0.3 is 19.6 Å². The predicted molar refractivity (Wildman–Crippen MR) is 73.5 cm³/mol. The van der Waals surface area contributed by atoms with Crippen LogP contribution in [0.25, 0.3) is 0 Å². The summed E-state index contributed by atoms with van der Waals surface area (Å²) in [6, 6.07) is -0.0386. The van der Waals surface area contributed by atoms with Crippen LogP contribution in [0.5, 0.6) is 0 Å². The van der Waals surface area contributed by atoms with Gasteiger partial charge in [-0.3, -0.25) is 0 Å². The Labute approximate surface area is 119 Å². The SMILES string of the molecule is CCC1(CC)CCN(C(=O)N2CCOC(C(=O)O)C2)C1. The summed E-state index contributed by atoms with van der Waals surface area (Å²) in [5.74, 6) is -1.000. The van der Waals surface area contributed by atoms with Gasteiger partial charge in [-0.15, -0.1) is 0 Å². The second kappa shape index (κ2) is 5.99. The molecule has 2 fully saturated rings. The number of ether oxygens (including phenoxy) is 1. The van der Waals surface area contributed by atoms with Gasteiger partial charge in [-0.05, 0) is 24.7 Å². The molecule has 20 heavy (non-hydrogen) atoms. The quantitative estimate of drug-likeness (QED) is 0.850. The van der Waals surface area contributed by atoms with Crippen molar-refractivity contribution in [3.05, 3.63) is 0 Å². The third-order valence-electron chi connectivity index (χ3n) is 4.82. The molecular weight excluding hydrogens is 260 g/mol. The van der Waals surface area contributed by atoms with E-state index in [2.05, 4.69) is 13.8 Å². The lowest BCUT2D eigenvalue weighted by Crippen LogP contribution is -2.52. The molecule has 2 rings (SSSR count). The van der Waals surface area contributed by atoms with Crippen LogP contribution in [-0.4, -0.2) is 65.8 Å². The Bertz CT molecular complexity index is 381. The molecule has 0 aromatic carbocycles. The number of carbonyl (C=O) groups is 2. The number of carboxylic acid groups (broad SMARTS) is 1. The van der Waals surface area contributed by atoms with Crippen molar-refractivity contribution < 1.29 is 19.4 Å². The van der Waals surface area contributed by atoms with Gasteiger partial charge in [0, 0.05) is 19.6 Å². The van der Waals surface area contributed by atoms with Crippen LogP contribution in [0.4, 0.5) is 4.79 Å². The van der Waals surface area contributed by atoms with Crippen LogP contribution in [0.2, 0.25) is 0 Å². The topological polar surface area (TPSA) is 70.1 Å². The number of carboxylic acids is 1. The van der Waals surface area contributed by atoms with Crippen LogP contribution in [-0.2, 0) is 9.53 Å². The number of rotatable bonds is 3. The van der Waals surface area contributed by atoms with E-state index in [9.17, 15) is 9.59 Å². The maximum Gasteiger partial charge on any atom is 0.334 e. The minimum Gasteiger partial charge on any atom is -0.479 e. The fourth-order valence-electron chi connectivity index (χ4n) is 3.10. The molecule has 2 aliphatic rings. The van der Waals surface area contributed by atoms with Crippen LogP contribution < -0.4 is 0 Å². The first-order valence-electron chi connectivity index (χ1n) is 7.39. The zero-order chi connectivity index (χ0) is 14.8. The normalized spacial score (nSPS) is 25.8. The molecule has 2 amide bonds. The molecule has 0 spiro atoms. The van der Waals surface area contributed by atoms with E-state index in [1.54, 1.807) is 4.90 Å². The summed E-state index contributed by atoms with van der Waals surface area (Å²) < 4.78 is 5.15. The summed E-state index contributed by atoms with van der Waals surface area (Å²) in [4.78, 5) is 26.9. The molecule has 2 heterocycles. The average molecular weight is 284 g/mol. The maximum atomic E-state index is 12.5. The van der Waals surface area contributed by atoms with E-state index < -0.39 is 12.1 Å². The Kier molecular flexibility index (Phi) is 4.52. The average Bonchev–Trinajstić information content (AvgIpc) is 2.91. The lowest BCUT2D eigenvalue weighted by Gasteiger charge is -2.34. The van der Waals surface area contributed by atoms with Crippen molar-refractivity contribution in [2.24, 2.45) is 5.41 Å². The van der Waals surface area contributed by atoms with Gasteiger partial charge in [0.2, 0.25) is 0 Å². The Balaban J connectivity index is 1.96. The standard InChI is InChI=1S/C14H24N2O4/c1-3-14(4-2)5-6-16(10-14)13(19)15-7-8-20-11(9-15)12(17)18/h11H,3-10H2,1-2H3,(H,17,18).